The second-order valence-electron chi connectivity index (χ2n) is 5.18. The van der Waals surface area contributed by atoms with E-state index in [-0.39, 0.29) is 15.4 Å². The highest BCUT2D eigenvalue weighted by Gasteiger charge is 2.46. The Morgan fingerprint density at radius 2 is 2.00 bits per heavy atom. The van der Waals surface area contributed by atoms with E-state index in [0.29, 0.717) is 0 Å². The molecule has 1 spiro atoms. The lowest BCUT2D eigenvalue weighted by molar-refractivity contribution is -0.113. The Morgan fingerprint density at radius 3 is 2.47 bits per heavy atom. The van der Waals surface area contributed by atoms with E-state index in [1.54, 1.807) is 0 Å². The smallest absolute Gasteiger partial charge is 0.127 e. The SMILES string of the molecule is CC1=CC2(CC(C)(C)C1C=O)SCCS2. The average Bonchev–Trinajstić information content (AvgIpc) is 2.50. The van der Waals surface area contributed by atoms with Gasteiger partial charge in [0.2, 0.25) is 0 Å². The molecule has 84 valence electrons. The normalized spacial score (nSPS) is 32.7. The van der Waals surface area contributed by atoms with Crippen molar-refractivity contribution in [3.05, 3.63) is 11.6 Å². The van der Waals surface area contributed by atoms with Crippen LogP contribution < -0.4 is 0 Å². The van der Waals surface area contributed by atoms with Crippen LogP contribution in [0.3, 0.4) is 0 Å². The molecule has 1 saturated heterocycles. The highest BCUT2D eigenvalue weighted by Crippen LogP contribution is 2.57. The van der Waals surface area contributed by atoms with Crippen molar-refractivity contribution in [2.24, 2.45) is 11.3 Å². The van der Waals surface area contributed by atoms with Crippen LogP contribution in [0.25, 0.3) is 0 Å². The molecule has 15 heavy (non-hydrogen) atoms. The van der Waals surface area contributed by atoms with E-state index >= 15 is 0 Å². The molecule has 1 aliphatic carbocycles. The molecule has 1 unspecified atom stereocenters. The van der Waals surface area contributed by atoms with Gasteiger partial charge in [0, 0.05) is 17.4 Å². The first kappa shape index (κ1) is 11.6. The highest BCUT2D eigenvalue weighted by atomic mass is 32.2. The third-order valence-electron chi connectivity index (χ3n) is 3.39. The van der Waals surface area contributed by atoms with E-state index < -0.39 is 0 Å². The summed E-state index contributed by atoms with van der Waals surface area (Å²) in [5.74, 6) is 2.61. The summed E-state index contributed by atoms with van der Waals surface area (Å²) in [5, 5.41) is 0. The van der Waals surface area contributed by atoms with E-state index in [1.165, 1.54) is 17.1 Å². The van der Waals surface area contributed by atoms with Gasteiger partial charge in [-0.25, -0.2) is 0 Å². The number of carbonyl (C=O) groups excluding carboxylic acids is 1. The Labute approximate surface area is 100 Å². The molecule has 2 rings (SSSR count). The van der Waals surface area contributed by atoms with E-state index in [1.807, 2.05) is 0 Å². The van der Waals surface area contributed by atoms with Gasteiger partial charge in [-0.1, -0.05) is 25.5 Å². The number of thioether (sulfide) groups is 2. The minimum atomic E-state index is 0.116. The Hall–Kier alpha value is 0.110. The molecule has 1 heterocycles. The van der Waals surface area contributed by atoms with Crippen molar-refractivity contribution in [2.45, 2.75) is 31.3 Å². The maximum atomic E-state index is 11.1. The van der Waals surface area contributed by atoms with Crippen molar-refractivity contribution in [3.63, 3.8) is 0 Å². The summed E-state index contributed by atoms with van der Waals surface area (Å²) in [7, 11) is 0. The van der Waals surface area contributed by atoms with Crippen molar-refractivity contribution in [2.75, 3.05) is 11.5 Å². The van der Waals surface area contributed by atoms with Crippen LogP contribution in [0.15, 0.2) is 11.6 Å². The fraction of sp³-hybridized carbons (Fsp3) is 0.750. The molecule has 0 bridgehead atoms. The highest BCUT2D eigenvalue weighted by molar-refractivity contribution is 8.21. The number of hydrogen-bond acceptors (Lipinski definition) is 3. The number of hydrogen-bond donors (Lipinski definition) is 0. The van der Waals surface area contributed by atoms with Gasteiger partial charge in [0.15, 0.2) is 0 Å². The first-order valence-electron chi connectivity index (χ1n) is 5.42. The number of aldehydes is 1. The molecule has 1 fully saturated rings. The molecule has 0 aromatic carbocycles. The second kappa shape index (κ2) is 3.85. The van der Waals surface area contributed by atoms with Crippen LogP contribution in [0.2, 0.25) is 0 Å². The maximum absolute atomic E-state index is 11.1. The third-order valence-corrected chi connectivity index (χ3v) is 6.68. The van der Waals surface area contributed by atoms with Gasteiger partial charge in [-0.3, -0.25) is 0 Å². The topological polar surface area (TPSA) is 17.1 Å². The fourth-order valence-corrected chi connectivity index (χ4v) is 6.47. The predicted molar refractivity (Wildman–Crippen MR) is 69.4 cm³/mol. The maximum Gasteiger partial charge on any atom is 0.127 e. The molecule has 0 saturated carbocycles. The molecule has 1 aliphatic heterocycles. The van der Waals surface area contributed by atoms with Crippen LogP contribution in [0.5, 0.6) is 0 Å². The minimum absolute atomic E-state index is 0.116. The van der Waals surface area contributed by atoms with Gasteiger partial charge in [0.1, 0.15) is 6.29 Å². The van der Waals surface area contributed by atoms with E-state index in [9.17, 15) is 4.79 Å². The van der Waals surface area contributed by atoms with Crippen LogP contribution in [0.4, 0.5) is 0 Å². The lowest BCUT2D eigenvalue weighted by atomic mass is 9.69. The third kappa shape index (κ3) is 2.01. The Bertz CT molecular complexity index is 301. The first-order chi connectivity index (χ1) is 6.99. The van der Waals surface area contributed by atoms with Crippen molar-refractivity contribution in [3.8, 4) is 0 Å². The Balaban J connectivity index is 2.35. The molecular formula is C12H18OS2. The number of carbonyl (C=O) groups is 1. The van der Waals surface area contributed by atoms with Crippen molar-refractivity contribution in [1.82, 2.24) is 0 Å². The monoisotopic (exact) mass is 242 g/mol. The van der Waals surface area contributed by atoms with Gasteiger partial charge >= 0.3 is 0 Å². The van der Waals surface area contributed by atoms with E-state index in [0.717, 1.165) is 12.7 Å². The van der Waals surface area contributed by atoms with Crippen LogP contribution in [0, 0.1) is 11.3 Å². The Morgan fingerprint density at radius 1 is 1.40 bits per heavy atom. The van der Waals surface area contributed by atoms with Crippen LogP contribution >= 0.6 is 23.5 Å². The van der Waals surface area contributed by atoms with Gasteiger partial charge in [-0.05, 0) is 18.8 Å². The molecule has 0 N–H and O–H groups in total. The van der Waals surface area contributed by atoms with Crippen molar-refractivity contribution in [1.29, 1.82) is 0 Å². The summed E-state index contributed by atoms with van der Waals surface area (Å²) in [4.78, 5) is 11.1. The summed E-state index contributed by atoms with van der Waals surface area (Å²) in [6, 6.07) is 0. The predicted octanol–water partition coefficient (Wildman–Crippen LogP) is 3.35. The molecule has 3 heteroatoms. The van der Waals surface area contributed by atoms with E-state index in [2.05, 4.69) is 50.4 Å². The molecular weight excluding hydrogens is 224 g/mol. The summed E-state index contributed by atoms with van der Waals surface area (Å²) >= 11 is 4.11. The zero-order chi connectivity index (χ0) is 11.1. The van der Waals surface area contributed by atoms with Crippen LogP contribution in [-0.4, -0.2) is 21.9 Å². The zero-order valence-corrected chi connectivity index (χ0v) is 11.2. The molecule has 0 aromatic rings. The number of rotatable bonds is 1. The minimum Gasteiger partial charge on any atom is -0.303 e. The first-order valence-corrected chi connectivity index (χ1v) is 7.39. The second-order valence-corrected chi connectivity index (χ2v) is 8.29. The molecule has 1 atom stereocenters. The zero-order valence-electron chi connectivity index (χ0n) is 9.58. The molecule has 0 radical (unpaired) electrons. The van der Waals surface area contributed by atoms with Gasteiger partial charge < -0.3 is 4.79 Å². The van der Waals surface area contributed by atoms with Crippen molar-refractivity contribution < 1.29 is 4.79 Å². The van der Waals surface area contributed by atoms with Gasteiger partial charge in [-0.15, -0.1) is 23.5 Å². The van der Waals surface area contributed by atoms with E-state index in [4.69, 9.17) is 0 Å². The van der Waals surface area contributed by atoms with Crippen LogP contribution in [0.1, 0.15) is 27.2 Å². The largest absolute Gasteiger partial charge is 0.303 e. The van der Waals surface area contributed by atoms with Gasteiger partial charge in [-0.2, -0.15) is 0 Å². The molecule has 1 nitrogen and oxygen atoms in total. The molecule has 0 aromatic heterocycles. The Kier molecular flexibility index (Phi) is 2.97. The summed E-state index contributed by atoms with van der Waals surface area (Å²) < 4.78 is 0.271. The average molecular weight is 242 g/mol. The van der Waals surface area contributed by atoms with Gasteiger partial charge in [0.25, 0.3) is 0 Å². The fourth-order valence-electron chi connectivity index (χ4n) is 2.80. The van der Waals surface area contributed by atoms with Crippen molar-refractivity contribution >= 4 is 29.8 Å². The lowest BCUT2D eigenvalue weighted by Gasteiger charge is -2.43. The standard InChI is InChI=1S/C12H18OS2/c1-9-6-12(14-4-5-15-12)8-11(2,3)10(9)7-13/h6-7,10H,4-5,8H2,1-3H3. The summed E-state index contributed by atoms with van der Waals surface area (Å²) in [6.45, 7) is 6.56. The number of allylic oxidation sites excluding steroid dienone is 1. The lowest BCUT2D eigenvalue weighted by Crippen LogP contribution is -2.38. The van der Waals surface area contributed by atoms with Crippen LogP contribution in [-0.2, 0) is 4.79 Å². The molecule has 2 aliphatic rings. The molecule has 0 amide bonds. The quantitative estimate of drug-likeness (QED) is 0.518. The van der Waals surface area contributed by atoms with Gasteiger partial charge in [0.05, 0.1) is 4.08 Å². The summed E-state index contributed by atoms with van der Waals surface area (Å²) in [6.07, 6.45) is 4.60. The summed E-state index contributed by atoms with van der Waals surface area (Å²) in [5.41, 5.74) is 1.38.